The van der Waals surface area contributed by atoms with Crippen molar-refractivity contribution in [1.29, 1.82) is 0 Å². The monoisotopic (exact) mass is 234 g/mol. The van der Waals surface area contributed by atoms with E-state index in [1.165, 1.54) is 22.2 Å². The molecule has 0 fully saturated rings. The molecule has 0 saturated carbocycles. The van der Waals surface area contributed by atoms with Crippen LogP contribution in [0.25, 0.3) is 10.9 Å². The summed E-state index contributed by atoms with van der Waals surface area (Å²) in [7, 11) is 2.15. The summed E-state index contributed by atoms with van der Waals surface area (Å²) in [6.45, 7) is 4.29. The largest absolute Gasteiger partial charge is 0.347 e. The van der Waals surface area contributed by atoms with Crippen LogP contribution in [-0.2, 0) is 13.6 Å². The van der Waals surface area contributed by atoms with Gasteiger partial charge in [-0.25, -0.2) is 0 Å². The number of halogens is 1. The van der Waals surface area contributed by atoms with Crippen LogP contribution in [-0.4, -0.2) is 11.1 Å². The number of aromatic nitrogens is 1. The van der Waals surface area contributed by atoms with Crippen molar-refractivity contribution in [2.24, 2.45) is 7.05 Å². The molecule has 3 rings (SSSR count). The molecular weight excluding hydrogens is 220 g/mol. The molecule has 2 nitrogen and oxygen atoms in total. The highest BCUT2D eigenvalue weighted by molar-refractivity contribution is 6.31. The van der Waals surface area contributed by atoms with Crippen LogP contribution >= 0.6 is 11.6 Å². The van der Waals surface area contributed by atoms with E-state index in [4.69, 9.17) is 11.6 Å². The highest BCUT2D eigenvalue weighted by atomic mass is 35.5. The molecule has 0 amide bonds. The molecule has 1 unspecified atom stereocenters. The molecular formula is C13H15ClN2. The van der Waals surface area contributed by atoms with Crippen LogP contribution in [0, 0.1) is 0 Å². The van der Waals surface area contributed by atoms with Crippen molar-refractivity contribution in [3.63, 3.8) is 0 Å². The van der Waals surface area contributed by atoms with E-state index >= 15 is 0 Å². The highest BCUT2D eigenvalue weighted by Gasteiger charge is 2.23. The number of fused-ring (bicyclic) bond motifs is 3. The van der Waals surface area contributed by atoms with Gasteiger partial charge in [-0.05, 0) is 23.8 Å². The molecule has 0 radical (unpaired) electrons. The first-order chi connectivity index (χ1) is 7.68. The fraction of sp³-hybridized carbons (Fsp3) is 0.385. The second-order valence-electron chi connectivity index (χ2n) is 4.62. The number of hydrogen-bond acceptors (Lipinski definition) is 1. The summed E-state index contributed by atoms with van der Waals surface area (Å²) >= 11 is 6.08. The van der Waals surface area contributed by atoms with E-state index in [1.807, 2.05) is 6.07 Å². The zero-order valence-electron chi connectivity index (χ0n) is 9.55. The number of nitrogens with zero attached hydrogens (tertiary/aromatic N) is 1. The number of rotatable bonds is 0. The Morgan fingerprint density at radius 1 is 1.44 bits per heavy atom. The summed E-state index contributed by atoms with van der Waals surface area (Å²) in [6.07, 6.45) is 0. The van der Waals surface area contributed by atoms with E-state index in [0.29, 0.717) is 5.92 Å². The lowest BCUT2D eigenvalue weighted by Crippen LogP contribution is -2.27. The lowest BCUT2D eigenvalue weighted by Gasteiger charge is -2.22. The van der Waals surface area contributed by atoms with E-state index < -0.39 is 0 Å². The third-order valence-corrected chi connectivity index (χ3v) is 3.77. The van der Waals surface area contributed by atoms with E-state index in [0.717, 1.165) is 18.1 Å². The average molecular weight is 235 g/mol. The highest BCUT2D eigenvalue weighted by Crippen LogP contribution is 2.33. The van der Waals surface area contributed by atoms with Crippen LogP contribution in [0.1, 0.15) is 24.1 Å². The quantitative estimate of drug-likeness (QED) is 0.742. The first-order valence-corrected chi connectivity index (χ1v) is 6.03. The minimum atomic E-state index is 0.569. The van der Waals surface area contributed by atoms with Crippen molar-refractivity contribution in [2.45, 2.75) is 19.4 Å². The molecule has 0 spiro atoms. The van der Waals surface area contributed by atoms with Crippen molar-refractivity contribution in [2.75, 3.05) is 6.54 Å². The topological polar surface area (TPSA) is 17.0 Å². The summed E-state index contributed by atoms with van der Waals surface area (Å²) in [5, 5.41) is 5.57. The Bertz CT molecular complexity index is 557. The molecule has 16 heavy (non-hydrogen) atoms. The van der Waals surface area contributed by atoms with Crippen molar-refractivity contribution in [1.82, 2.24) is 9.88 Å². The Balaban J connectivity index is 2.39. The van der Waals surface area contributed by atoms with Crippen molar-refractivity contribution < 1.29 is 0 Å². The molecule has 2 heterocycles. The van der Waals surface area contributed by atoms with Gasteiger partial charge in [0.05, 0.1) is 0 Å². The fourth-order valence-electron chi connectivity index (χ4n) is 2.84. The van der Waals surface area contributed by atoms with Gasteiger partial charge in [-0.15, -0.1) is 0 Å². The zero-order valence-corrected chi connectivity index (χ0v) is 10.3. The third kappa shape index (κ3) is 1.30. The van der Waals surface area contributed by atoms with E-state index in [1.54, 1.807) is 0 Å². The fourth-order valence-corrected chi connectivity index (χ4v) is 3.01. The van der Waals surface area contributed by atoms with Gasteiger partial charge in [-0.2, -0.15) is 0 Å². The summed E-state index contributed by atoms with van der Waals surface area (Å²) < 4.78 is 2.31. The van der Waals surface area contributed by atoms with Crippen molar-refractivity contribution >= 4 is 22.5 Å². The van der Waals surface area contributed by atoms with Gasteiger partial charge < -0.3 is 9.88 Å². The summed E-state index contributed by atoms with van der Waals surface area (Å²) in [6, 6.07) is 6.16. The van der Waals surface area contributed by atoms with Crippen LogP contribution in [0.4, 0.5) is 0 Å². The molecule has 1 atom stereocenters. The molecule has 1 aromatic carbocycles. The third-order valence-electron chi connectivity index (χ3n) is 3.53. The van der Waals surface area contributed by atoms with E-state index in [2.05, 4.69) is 36.0 Å². The second-order valence-corrected chi connectivity index (χ2v) is 5.05. The molecule has 84 valence electrons. The molecule has 0 bridgehead atoms. The predicted molar refractivity (Wildman–Crippen MR) is 68.1 cm³/mol. The molecule has 0 aliphatic carbocycles. The minimum Gasteiger partial charge on any atom is -0.347 e. The minimum absolute atomic E-state index is 0.569. The number of benzene rings is 1. The maximum absolute atomic E-state index is 6.08. The van der Waals surface area contributed by atoms with Gasteiger partial charge in [0.25, 0.3) is 0 Å². The summed E-state index contributed by atoms with van der Waals surface area (Å²) in [5.41, 5.74) is 4.15. The zero-order chi connectivity index (χ0) is 11.3. The van der Waals surface area contributed by atoms with Crippen LogP contribution in [0.3, 0.4) is 0 Å². The molecule has 1 aliphatic rings. The summed E-state index contributed by atoms with van der Waals surface area (Å²) in [4.78, 5) is 0. The lowest BCUT2D eigenvalue weighted by atomic mass is 9.98. The van der Waals surface area contributed by atoms with Gasteiger partial charge in [0.15, 0.2) is 0 Å². The van der Waals surface area contributed by atoms with E-state index in [9.17, 15) is 0 Å². The SMILES string of the molecule is CC1CNCc2c1n(C)c1ccc(Cl)cc21. The smallest absolute Gasteiger partial charge is 0.0484 e. The Labute approximate surface area is 100 Å². The van der Waals surface area contributed by atoms with Crippen LogP contribution in [0.2, 0.25) is 5.02 Å². The Morgan fingerprint density at radius 3 is 3.06 bits per heavy atom. The number of aryl methyl sites for hydroxylation is 1. The van der Waals surface area contributed by atoms with Crippen LogP contribution in [0.5, 0.6) is 0 Å². The Hall–Kier alpha value is -0.990. The standard InChI is InChI=1S/C13H15ClN2/c1-8-6-15-7-11-10-5-9(14)3-4-12(10)16(2)13(8)11/h3-5,8,15H,6-7H2,1-2H3. The first kappa shape index (κ1) is 10.2. The molecule has 0 saturated heterocycles. The number of nitrogens with one attached hydrogen (secondary N) is 1. The molecule has 3 heteroatoms. The molecule has 1 N–H and O–H groups in total. The summed E-state index contributed by atoms with van der Waals surface area (Å²) in [5.74, 6) is 0.569. The van der Waals surface area contributed by atoms with Crippen LogP contribution in [0.15, 0.2) is 18.2 Å². The lowest BCUT2D eigenvalue weighted by molar-refractivity contribution is 0.548. The van der Waals surface area contributed by atoms with Crippen molar-refractivity contribution in [3.05, 3.63) is 34.5 Å². The van der Waals surface area contributed by atoms with Gasteiger partial charge in [-0.1, -0.05) is 18.5 Å². The van der Waals surface area contributed by atoms with Crippen LogP contribution < -0.4 is 5.32 Å². The second kappa shape index (κ2) is 3.51. The predicted octanol–water partition coefficient (Wildman–Crippen LogP) is 3.04. The van der Waals surface area contributed by atoms with Crippen molar-refractivity contribution in [3.8, 4) is 0 Å². The average Bonchev–Trinajstić information content (AvgIpc) is 2.54. The molecule has 2 aromatic rings. The maximum Gasteiger partial charge on any atom is 0.0484 e. The Morgan fingerprint density at radius 2 is 2.25 bits per heavy atom. The maximum atomic E-state index is 6.08. The molecule has 1 aromatic heterocycles. The van der Waals surface area contributed by atoms with Gasteiger partial charge in [0, 0.05) is 47.7 Å². The van der Waals surface area contributed by atoms with E-state index in [-0.39, 0.29) is 0 Å². The van der Waals surface area contributed by atoms with Gasteiger partial charge >= 0.3 is 0 Å². The number of hydrogen-bond donors (Lipinski definition) is 1. The van der Waals surface area contributed by atoms with Gasteiger partial charge in [0.2, 0.25) is 0 Å². The van der Waals surface area contributed by atoms with Gasteiger partial charge in [-0.3, -0.25) is 0 Å². The Kier molecular flexibility index (Phi) is 2.23. The molecule has 1 aliphatic heterocycles. The van der Waals surface area contributed by atoms with Gasteiger partial charge in [0.1, 0.15) is 0 Å². The normalized spacial score (nSPS) is 20.1. The first-order valence-electron chi connectivity index (χ1n) is 5.66.